The Labute approximate surface area is 240 Å². The molecule has 2 aliphatic rings. The highest BCUT2D eigenvalue weighted by molar-refractivity contribution is 5.94. The first-order chi connectivity index (χ1) is 18.9. The number of carbonyl (C=O) groups is 3. The van der Waals surface area contributed by atoms with E-state index in [-0.39, 0.29) is 23.6 Å². The van der Waals surface area contributed by atoms with Crippen molar-refractivity contribution in [3.05, 3.63) is 84.0 Å². The third-order valence-corrected chi connectivity index (χ3v) is 7.77. The lowest BCUT2D eigenvalue weighted by Gasteiger charge is -2.37. The molecule has 2 unspecified atom stereocenters. The van der Waals surface area contributed by atoms with Crippen LogP contribution in [0.1, 0.15) is 45.1 Å². The highest BCUT2D eigenvalue weighted by Gasteiger charge is 2.37. The zero-order valence-corrected chi connectivity index (χ0v) is 24.9. The predicted molar refractivity (Wildman–Crippen MR) is 161 cm³/mol. The Hall–Kier alpha value is -3.45. The van der Waals surface area contributed by atoms with Gasteiger partial charge < -0.3 is 20.4 Å². The Morgan fingerprint density at radius 1 is 1.00 bits per heavy atom. The average molecular weight is 547 g/mol. The molecular weight excluding hydrogens is 500 g/mol. The molecular formula is C33H46N4O3. The monoisotopic (exact) mass is 546 g/mol. The van der Waals surface area contributed by atoms with Gasteiger partial charge in [-0.2, -0.15) is 0 Å². The lowest BCUT2D eigenvalue weighted by atomic mass is 9.78. The van der Waals surface area contributed by atoms with E-state index in [1.807, 2.05) is 44.2 Å². The van der Waals surface area contributed by atoms with E-state index in [1.165, 1.54) is 26.3 Å². The molecule has 0 aromatic heterocycles. The molecule has 2 N–H and O–H groups in total. The van der Waals surface area contributed by atoms with Gasteiger partial charge in [-0.15, -0.1) is 0 Å². The maximum atomic E-state index is 14.2. The molecule has 0 bridgehead atoms. The second-order valence-electron chi connectivity index (χ2n) is 12.0. The second-order valence-corrected chi connectivity index (χ2v) is 12.0. The first kappa shape index (κ1) is 31.1. The molecule has 2 aliphatic carbocycles. The number of allylic oxidation sites excluding steroid dienone is 6. The first-order valence-electron chi connectivity index (χ1n) is 14.1. The van der Waals surface area contributed by atoms with Crippen LogP contribution in [0.15, 0.2) is 78.4 Å². The largest absolute Gasteiger partial charge is 0.347 e. The van der Waals surface area contributed by atoms with Crippen molar-refractivity contribution in [2.75, 3.05) is 28.2 Å². The van der Waals surface area contributed by atoms with Gasteiger partial charge in [-0.25, -0.2) is 0 Å². The van der Waals surface area contributed by atoms with E-state index < -0.39 is 17.6 Å². The van der Waals surface area contributed by atoms with Crippen LogP contribution >= 0.6 is 0 Å². The molecule has 0 aliphatic heterocycles. The van der Waals surface area contributed by atoms with Crippen LogP contribution < -0.4 is 5.73 Å². The molecule has 1 aromatic carbocycles. The van der Waals surface area contributed by atoms with Crippen molar-refractivity contribution in [1.82, 2.24) is 14.7 Å². The summed E-state index contributed by atoms with van der Waals surface area (Å²) in [7, 11) is 6.75. The van der Waals surface area contributed by atoms with Gasteiger partial charge in [0.25, 0.3) is 0 Å². The molecule has 7 nitrogen and oxygen atoms in total. The van der Waals surface area contributed by atoms with Crippen molar-refractivity contribution in [3.63, 3.8) is 0 Å². The number of nitrogens with two attached hydrogens (primary N) is 1. The van der Waals surface area contributed by atoms with Crippen molar-refractivity contribution in [3.8, 4) is 0 Å². The summed E-state index contributed by atoms with van der Waals surface area (Å²) in [4.78, 5) is 45.4. The van der Waals surface area contributed by atoms with Crippen LogP contribution in [-0.2, 0) is 20.8 Å². The van der Waals surface area contributed by atoms with Gasteiger partial charge in [0.1, 0.15) is 12.1 Å². The number of rotatable bonds is 11. The Kier molecular flexibility index (Phi) is 10.7. The van der Waals surface area contributed by atoms with E-state index in [4.69, 9.17) is 5.73 Å². The molecule has 1 aromatic rings. The van der Waals surface area contributed by atoms with Crippen LogP contribution in [0, 0.1) is 11.8 Å². The fourth-order valence-corrected chi connectivity index (χ4v) is 5.30. The summed E-state index contributed by atoms with van der Waals surface area (Å²) >= 11 is 0. The highest BCUT2D eigenvalue weighted by atomic mass is 16.2. The van der Waals surface area contributed by atoms with Crippen molar-refractivity contribution in [1.29, 1.82) is 0 Å². The topological polar surface area (TPSA) is 87.0 Å². The summed E-state index contributed by atoms with van der Waals surface area (Å²) in [6.45, 7) is 3.80. The normalized spacial score (nSPS) is 19.9. The summed E-state index contributed by atoms with van der Waals surface area (Å²) in [5.74, 6) is -0.139. The average Bonchev–Trinajstić information content (AvgIpc) is 2.92. The minimum Gasteiger partial charge on any atom is -0.347 e. The van der Waals surface area contributed by atoms with Crippen molar-refractivity contribution in [2.45, 2.75) is 63.6 Å². The number of likely N-dealkylation sites (N-methyl/N-ethyl adjacent to an activating group) is 3. The van der Waals surface area contributed by atoms with Crippen LogP contribution in [0.4, 0.5) is 0 Å². The molecule has 0 radical (unpaired) electrons. The van der Waals surface area contributed by atoms with Gasteiger partial charge in [-0.1, -0.05) is 72.4 Å². The summed E-state index contributed by atoms with van der Waals surface area (Å²) in [6.07, 6.45) is 17.4. The number of fused-ring (bicyclic) bond motifs is 1. The third-order valence-electron chi connectivity index (χ3n) is 7.77. The van der Waals surface area contributed by atoms with E-state index in [0.717, 1.165) is 18.4 Å². The standard InChI is InChI=1S/C33H46N4O3/c1-33(2,34)20-12-17-30(38)36(5)29(23-25-18-19-26-15-10-11-16-27(26)21-25)32(40)37(6)28(31(39)35(3)4)22-24-13-8-7-9-14-24/h7-14,16-19,25-26,28-29H,15,20-23,34H2,1-6H3/b17-12+/t25?,26?,28-,29-/m1/s1. The highest BCUT2D eigenvalue weighted by Crippen LogP contribution is 2.35. The van der Waals surface area contributed by atoms with Gasteiger partial charge in [0, 0.05) is 46.1 Å². The zero-order valence-electron chi connectivity index (χ0n) is 24.9. The summed E-state index contributed by atoms with van der Waals surface area (Å²) in [5.41, 5.74) is 7.97. The fourth-order valence-electron chi connectivity index (χ4n) is 5.30. The molecule has 40 heavy (non-hydrogen) atoms. The molecule has 4 atom stereocenters. The van der Waals surface area contributed by atoms with Gasteiger partial charge in [-0.3, -0.25) is 14.4 Å². The minimum atomic E-state index is -0.729. The van der Waals surface area contributed by atoms with Crippen molar-refractivity contribution < 1.29 is 14.4 Å². The van der Waals surface area contributed by atoms with Crippen LogP contribution in [-0.4, -0.2) is 78.2 Å². The lowest BCUT2D eigenvalue weighted by molar-refractivity contribution is -0.148. The Morgan fingerprint density at radius 3 is 2.35 bits per heavy atom. The van der Waals surface area contributed by atoms with Gasteiger partial charge in [0.15, 0.2) is 0 Å². The number of amides is 3. The first-order valence-corrected chi connectivity index (χ1v) is 14.1. The SMILES string of the molecule is CN(C)C(=O)[C@@H](Cc1ccccc1)N(C)C(=O)[C@@H](CC1C=CC2CC=CC=C2C1)N(C)C(=O)/C=C/CC(C)(C)N. The zero-order chi connectivity index (χ0) is 29.4. The van der Waals surface area contributed by atoms with E-state index in [2.05, 4.69) is 30.4 Å². The Bertz CT molecular complexity index is 1160. The molecule has 0 saturated carbocycles. The molecule has 0 spiro atoms. The number of carbonyl (C=O) groups excluding carboxylic acids is 3. The smallest absolute Gasteiger partial charge is 0.246 e. The number of nitrogens with zero attached hydrogens (tertiary/aromatic N) is 3. The maximum Gasteiger partial charge on any atom is 0.246 e. The molecule has 0 saturated heterocycles. The van der Waals surface area contributed by atoms with Gasteiger partial charge >= 0.3 is 0 Å². The van der Waals surface area contributed by atoms with Crippen molar-refractivity contribution >= 4 is 17.7 Å². The Balaban J connectivity index is 1.89. The molecule has 3 amide bonds. The van der Waals surface area contributed by atoms with E-state index in [0.29, 0.717) is 25.2 Å². The van der Waals surface area contributed by atoms with Crippen LogP contribution in [0.25, 0.3) is 0 Å². The molecule has 3 rings (SSSR count). The maximum absolute atomic E-state index is 14.2. The van der Waals surface area contributed by atoms with Crippen LogP contribution in [0.3, 0.4) is 0 Å². The lowest BCUT2D eigenvalue weighted by Crippen LogP contribution is -2.55. The molecule has 7 heteroatoms. The van der Waals surface area contributed by atoms with E-state index >= 15 is 0 Å². The van der Waals surface area contributed by atoms with Gasteiger partial charge in [0.05, 0.1) is 0 Å². The number of hydrogen-bond acceptors (Lipinski definition) is 4. The third kappa shape index (κ3) is 8.52. The molecule has 0 heterocycles. The van der Waals surface area contributed by atoms with Gasteiger partial charge in [-0.05, 0) is 57.1 Å². The quantitative estimate of drug-likeness (QED) is 0.334. The second kappa shape index (κ2) is 13.8. The summed E-state index contributed by atoms with van der Waals surface area (Å²) in [5, 5.41) is 0. The summed E-state index contributed by atoms with van der Waals surface area (Å²) in [6, 6.07) is 8.28. The number of benzene rings is 1. The minimum absolute atomic E-state index is 0.107. The van der Waals surface area contributed by atoms with Crippen LogP contribution in [0.2, 0.25) is 0 Å². The molecule has 216 valence electrons. The van der Waals surface area contributed by atoms with Crippen molar-refractivity contribution in [2.24, 2.45) is 17.6 Å². The van der Waals surface area contributed by atoms with Gasteiger partial charge in [0.2, 0.25) is 17.7 Å². The van der Waals surface area contributed by atoms with E-state index in [1.54, 1.807) is 34.3 Å². The predicted octanol–water partition coefficient (Wildman–Crippen LogP) is 4.12. The number of hydrogen-bond donors (Lipinski definition) is 1. The molecule has 0 fully saturated rings. The Morgan fingerprint density at radius 2 is 1.70 bits per heavy atom. The van der Waals surface area contributed by atoms with Crippen LogP contribution in [0.5, 0.6) is 0 Å². The fraction of sp³-hybridized carbons (Fsp3) is 0.485. The van der Waals surface area contributed by atoms with E-state index in [9.17, 15) is 14.4 Å². The summed E-state index contributed by atoms with van der Waals surface area (Å²) < 4.78 is 0.